The van der Waals surface area contributed by atoms with E-state index in [1.54, 1.807) is 0 Å². The van der Waals surface area contributed by atoms with Gasteiger partial charge in [0.25, 0.3) is 0 Å². The van der Waals surface area contributed by atoms with Crippen LogP contribution in [0, 0.1) is 22.7 Å². The molecular weight excluding hydrogens is 352 g/mol. The van der Waals surface area contributed by atoms with E-state index in [1.165, 1.54) is 36.8 Å². The number of rotatable bonds is 8. The first-order chi connectivity index (χ1) is 13.1. The third kappa shape index (κ3) is 5.48. The lowest BCUT2D eigenvalue weighted by Crippen LogP contribution is -2.49. The van der Waals surface area contributed by atoms with E-state index in [0.29, 0.717) is 16.7 Å². The van der Waals surface area contributed by atoms with Crippen LogP contribution in [-0.2, 0) is 14.3 Å². The molecule has 0 aromatic rings. The number of hydrogen-bond acceptors (Lipinski definition) is 3. The van der Waals surface area contributed by atoms with Crippen LogP contribution in [0.25, 0.3) is 0 Å². The van der Waals surface area contributed by atoms with Gasteiger partial charge in [-0.2, -0.15) is 0 Å². The average Bonchev–Trinajstić information content (AvgIpc) is 2.58. The molecule has 2 aliphatic rings. The molecule has 1 N–H and O–H groups in total. The summed E-state index contributed by atoms with van der Waals surface area (Å²) in [6, 6.07) is 0. The van der Waals surface area contributed by atoms with Crippen molar-refractivity contribution >= 4 is 11.9 Å². The number of hydrogen-bond donors (Lipinski definition) is 1. The summed E-state index contributed by atoms with van der Waals surface area (Å²) in [5, 5.41) is 8.60. The van der Waals surface area contributed by atoms with Gasteiger partial charge in [-0.25, -0.2) is 0 Å². The lowest BCUT2D eigenvalue weighted by Gasteiger charge is -2.58. The molecule has 0 aromatic carbocycles. The molecule has 0 saturated heterocycles. The van der Waals surface area contributed by atoms with Crippen LogP contribution in [0.3, 0.4) is 0 Å². The van der Waals surface area contributed by atoms with Crippen molar-refractivity contribution in [1.82, 2.24) is 0 Å². The highest BCUT2D eigenvalue weighted by Crippen LogP contribution is 2.61. The van der Waals surface area contributed by atoms with Gasteiger partial charge >= 0.3 is 11.9 Å². The third-order valence-electron chi connectivity index (χ3n) is 7.37. The maximum absolute atomic E-state index is 11.5. The van der Waals surface area contributed by atoms with Crippen molar-refractivity contribution in [3.8, 4) is 0 Å². The minimum atomic E-state index is -0.978. The van der Waals surface area contributed by atoms with E-state index >= 15 is 0 Å². The summed E-state index contributed by atoms with van der Waals surface area (Å²) in [6.45, 7) is 14.1. The topological polar surface area (TPSA) is 63.6 Å². The van der Waals surface area contributed by atoms with E-state index in [2.05, 4.69) is 34.3 Å². The van der Waals surface area contributed by atoms with E-state index in [0.717, 1.165) is 25.2 Å². The maximum Gasteiger partial charge on any atom is 0.306 e. The molecule has 0 aromatic heterocycles. The van der Waals surface area contributed by atoms with Gasteiger partial charge in [0, 0.05) is 0 Å². The first kappa shape index (κ1) is 22.7. The van der Waals surface area contributed by atoms with Gasteiger partial charge < -0.3 is 9.84 Å². The average molecular weight is 391 g/mol. The van der Waals surface area contributed by atoms with Gasteiger partial charge in [0.05, 0.1) is 12.8 Å². The van der Waals surface area contributed by atoms with Gasteiger partial charge in [-0.3, -0.25) is 9.59 Å². The molecule has 0 heterocycles. The minimum Gasteiger partial charge on any atom is -0.481 e. The second-order valence-corrected chi connectivity index (χ2v) is 9.82. The van der Waals surface area contributed by atoms with E-state index in [4.69, 9.17) is 9.84 Å². The number of carboxylic acid groups (broad SMARTS) is 1. The Morgan fingerprint density at radius 1 is 1.21 bits per heavy atom. The van der Waals surface area contributed by atoms with E-state index in [-0.39, 0.29) is 19.4 Å². The minimum absolute atomic E-state index is 0.0698. The van der Waals surface area contributed by atoms with Crippen LogP contribution < -0.4 is 0 Å². The van der Waals surface area contributed by atoms with Crippen molar-refractivity contribution in [2.45, 2.75) is 85.5 Å². The molecule has 2 rings (SSSR count). The summed E-state index contributed by atoms with van der Waals surface area (Å²) in [5.74, 6) is -0.100. The predicted molar refractivity (Wildman–Crippen MR) is 112 cm³/mol. The summed E-state index contributed by atoms with van der Waals surface area (Å²) in [4.78, 5) is 22.0. The second-order valence-electron chi connectivity index (χ2n) is 9.82. The molecule has 28 heavy (non-hydrogen) atoms. The fourth-order valence-electron chi connectivity index (χ4n) is 5.84. The molecule has 0 aliphatic heterocycles. The Hall–Kier alpha value is -1.58. The number of carbonyl (C=O) groups excluding carboxylic acids is 1. The van der Waals surface area contributed by atoms with Gasteiger partial charge in [0.15, 0.2) is 0 Å². The van der Waals surface area contributed by atoms with Gasteiger partial charge in [-0.1, -0.05) is 44.9 Å². The molecule has 0 bridgehead atoms. The summed E-state index contributed by atoms with van der Waals surface area (Å²) in [6.07, 6.45) is 10.2. The summed E-state index contributed by atoms with van der Waals surface area (Å²) >= 11 is 0. The van der Waals surface area contributed by atoms with Gasteiger partial charge in [0.2, 0.25) is 0 Å². The number of carbonyl (C=O) groups is 2. The molecule has 2 fully saturated rings. The first-order valence-electron chi connectivity index (χ1n) is 10.8. The summed E-state index contributed by atoms with van der Waals surface area (Å²) in [5.41, 5.74) is 3.41. The molecule has 2 aliphatic carbocycles. The molecule has 0 spiro atoms. The summed E-state index contributed by atoms with van der Waals surface area (Å²) < 4.78 is 5.11. The smallest absolute Gasteiger partial charge is 0.306 e. The van der Waals surface area contributed by atoms with E-state index in [9.17, 15) is 9.59 Å². The lowest BCUT2D eigenvalue weighted by molar-refractivity contribution is -0.146. The molecule has 0 radical (unpaired) electrons. The quantitative estimate of drug-likeness (QED) is 0.413. The van der Waals surface area contributed by atoms with Crippen molar-refractivity contribution < 1.29 is 19.4 Å². The second kappa shape index (κ2) is 9.28. The zero-order valence-electron chi connectivity index (χ0n) is 18.2. The number of fused-ring (bicyclic) bond motifs is 1. The largest absolute Gasteiger partial charge is 0.481 e. The monoisotopic (exact) mass is 390 g/mol. The van der Waals surface area contributed by atoms with Crippen molar-refractivity contribution in [3.05, 3.63) is 23.8 Å². The molecule has 158 valence electrons. The zero-order chi connectivity index (χ0) is 20.9. The SMILES string of the molecule is C=C1CC[C@@H]2C(C)(C)CCC[C@@]2(C)[C@@H]1CC/C(C)=C/COC(=O)CCC(=O)O. The first-order valence-corrected chi connectivity index (χ1v) is 10.8. The number of carboxylic acids is 1. The normalized spacial score (nSPS) is 29.9. The molecule has 4 nitrogen and oxygen atoms in total. The Labute approximate surface area is 170 Å². The van der Waals surface area contributed by atoms with Crippen LogP contribution in [0.15, 0.2) is 23.8 Å². The van der Waals surface area contributed by atoms with Crippen LogP contribution in [0.2, 0.25) is 0 Å². The number of esters is 1. The number of ether oxygens (including phenoxy) is 1. The maximum atomic E-state index is 11.5. The fraction of sp³-hybridized carbons (Fsp3) is 0.750. The standard InChI is InChI=1S/C24H38O4/c1-17(13-16-28-22(27)12-11-21(25)26)7-9-19-18(2)8-10-20-23(3,4)14-6-15-24(19,20)5/h13,19-20H,2,6-12,14-16H2,1,3-5H3,(H,25,26)/b17-13+/t19-,20-,24+/m1/s1. The van der Waals surface area contributed by atoms with Crippen LogP contribution in [0.1, 0.15) is 85.5 Å². The lowest BCUT2D eigenvalue weighted by atomic mass is 9.47. The molecule has 0 amide bonds. The van der Waals surface area contributed by atoms with Crippen molar-refractivity contribution in [1.29, 1.82) is 0 Å². The number of aliphatic carboxylic acids is 1. The predicted octanol–water partition coefficient (Wildman–Crippen LogP) is 5.92. The van der Waals surface area contributed by atoms with Crippen LogP contribution in [-0.4, -0.2) is 23.7 Å². The van der Waals surface area contributed by atoms with Crippen LogP contribution in [0.5, 0.6) is 0 Å². The van der Waals surface area contributed by atoms with Crippen LogP contribution in [0.4, 0.5) is 0 Å². The van der Waals surface area contributed by atoms with Crippen molar-refractivity contribution in [2.24, 2.45) is 22.7 Å². The van der Waals surface area contributed by atoms with Crippen molar-refractivity contribution in [2.75, 3.05) is 6.61 Å². The van der Waals surface area contributed by atoms with E-state index in [1.807, 2.05) is 6.08 Å². The van der Waals surface area contributed by atoms with Crippen LogP contribution >= 0.6 is 0 Å². The molecular formula is C24H38O4. The molecule has 2 saturated carbocycles. The Morgan fingerprint density at radius 2 is 1.93 bits per heavy atom. The number of allylic oxidation sites excluding steroid dienone is 2. The zero-order valence-corrected chi connectivity index (χ0v) is 18.2. The highest BCUT2D eigenvalue weighted by atomic mass is 16.5. The third-order valence-corrected chi connectivity index (χ3v) is 7.37. The van der Waals surface area contributed by atoms with Gasteiger partial charge in [-0.15, -0.1) is 0 Å². The van der Waals surface area contributed by atoms with Gasteiger partial charge in [-0.05, 0) is 74.2 Å². The highest BCUT2D eigenvalue weighted by molar-refractivity contribution is 5.76. The molecule has 0 unspecified atom stereocenters. The Bertz CT molecular complexity index is 631. The summed E-state index contributed by atoms with van der Waals surface area (Å²) in [7, 11) is 0. The Kier molecular flexibility index (Phi) is 7.52. The highest BCUT2D eigenvalue weighted by Gasteiger charge is 2.52. The van der Waals surface area contributed by atoms with Crippen molar-refractivity contribution in [3.63, 3.8) is 0 Å². The Balaban J connectivity index is 1.90. The fourth-order valence-corrected chi connectivity index (χ4v) is 5.84. The molecule has 4 heteroatoms. The Morgan fingerprint density at radius 3 is 2.61 bits per heavy atom. The molecule has 3 atom stereocenters. The van der Waals surface area contributed by atoms with E-state index < -0.39 is 11.9 Å². The van der Waals surface area contributed by atoms with Gasteiger partial charge in [0.1, 0.15) is 6.61 Å².